The summed E-state index contributed by atoms with van der Waals surface area (Å²) in [5, 5.41) is 8.91. The third kappa shape index (κ3) is 5.54. The van der Waals surface area contributed by atoms with Crippen molar-refractivity contribution in [2.45, 2.75) is 45.3 Å². The molecule has 0 aromatic heterocycles. The number of benzene rings is 2. The second-order valence-corrected chi connectivity index (χ2v) is 7.94. The Hall–Kier alpha value is -3.53. The van der Waals surface area contributed by atoms with Crippen LogP contribution < -0.4 is 14.4 Å². The van der Waals surface area contributed by atoms with Crippen LogP contribution in [0.4, 0.5) is 5.69 Å². The molecule has 0 aliphatic carbocycles. The van der Waals surface area contributed by atoms with Crippen molar-refractivity contribution >= 4 is 17.6 Å². The van der Waals surface area contributed by atoms with Gasteiger partial charge in [-0.25, -0.2) is 4.79 Å². The van der Waals surface area contributed by atoms with Crippen LogP contribution in [0.1, 0.15) is 32.8 Å². The minimum atomic E-state index is -1.02. The molecule has 0 N–H and O–H groups in total. The number of hydrogen-bond acceptors (Lipinski definition) is 6. The average Bonchev–Trinajstić information content (AvgIpc) is 3.07. The quantitative estimate of drug-likeness (QED) is 0.603. The molecule has 1 unspecified atom stereocenters. The highest BCUT2D eigenvalue weighted by molar-refractivity contribution is 5.97. The number of carbonyl (C=O) groups excluding carboxylic acids is 2. The van der Waals surface area contributed by atoms with Crippen LogP contribution in [-0.2, 0) is 20.7 Å². The van der Waals surface area contributed by atoms with Gasteiger partial charge in [-0.15, -0.1) is 0 Å². The fourth-order valence-electron chi connectivity index (χ4n) is 3.48. The van der Waals surface area contributed by atoms with Crippen molar-refractivity contribution in [2.24, 2.45) is 0 Å². The number of rotatable bonds is 8. The van der Waals surface area contributed by atoms with Gasteiger partial charge in [0.1, 0.15) is 5.60 Å². The minimum Gasteiger partial charge on any atom is -0.483 e. The molecule has 1 heterocycles. The topological polar surface area (TPSA) is 88.9 Å². The Balaban J connectivity index is 1.60. The second kappa shape index (κ2) is 9.52. The van der Waals surface area contributed by atoms with Crippen molar-refractivity contribution in [3.63, 3.8) is 0 Å². The van der Waals surface area contributed by atoms with Crippen molar-refractivity contribution in [1.82, 2.24) is 0 Å². The molecule has 162 valence electrons. The Morgan fingerprint density at radius 1 is 1.19 bits per heavy atom. The number of anilines is 1. The number of carbonyl (C=O) groups is 2. The first-order chi connectivity index (χ1) is 14.8. The van der Waals surface area contributed by atoms with Gasteiger partial charge in [-0.1, -0.05) is 30.3 Å². The van der Waals surface area contributed by atoms with Crippen LogP contribution in [0.25, 0.3) is 0 Å². The van der Waals surface area contributed by atoms with Crippen molar-refractivity contribution in [1.29, 1.82) is 5.26 Å². The van der Waals surface area contributed by atoms with Crippen LogP contribution in [-0.4, -0.2) is 36.7 Å². The molecule has 1 aliphatic heterocycles. The van der Waals surface area contributed by atoms with Gasteiger partial charge in [0.15, 0.2) is 24.2 Å². The molecule has 7 heteroatoms. The lowest BCUT2D eigenvalue weighted by atomic mass is 10.0. The molecule has 0 bridgehead atoms. The molecule has 1 aliphatic rings. The lowest BCUT2D eigenvalue weighted by Gasteiger charge is -2.25. The van der Waals surface area contributed by atoms with E-state index in [-0.39, 0.29) is 25.2 Å². The molecule has 0 saturated carbocycles. The number of fused-ring (bicyclic) bond motifs is 1. The smallest absolute Gasteiger partial charge is 0.344 e. The Kier molecular flexibility index (Phi) is 6.81. The molecule has 0 radical (unpaired) electrons. The highest BCUT2D eigenvalue weighted by Gasteiger charge is 2.32. The number of esters is 1. The second-order valence-electron chi connectivity index (χ2n) is 7.94. The monoisotopic (exact) mass is 422 g/mol. The van der Waals surface area contributed by atoms with Crippen LogP contribution in [0.3, 0.4) is 0 Å². The average molecular weight is 422 g/mol. The molecule has 31 heavy (non-hydrogen) atoms. The number of nitriles is 1. The van der Waals surface area contributed by atoms with E-state index >= 15 is 0 Å². The van der Waals surface area contributed by atoms with Crippen molar-refractivity contribution < 1.29 is 23.8 Å². The van der Waals surface area contributed by atoms with E-state index in [0.29, 0.717) is 17.2 Å². The van der Waals surface area contributed by atoms with Crippen LogP contribution in [0, 0.1) is 11.3 Å². The largest absolute Gasteiger partial charge is 0.483 e. The van der Waals surface area contributed by atoms with Gasteiger partial charge < -0.3 is 19.1 Å². The van der Waals surface area contributed by atoms with Crippen LogP contribution >= 0.6 is 0 Å². The molecule has 1 amide bonds. The first-order valence-corrected chi connectivity index (χ1v) is 10.2. The number of nitrogens with zero attached hydrogens (tertiary/aromatic N) is 2. The predicted octanol–water partition coefficient (Wildman–Crippen LogP) is 3.66. The summed E-state index contributed by atoms with van der Waals surface area (Å²) in [6.45, 7) is 5.35. The number of amides is 1. The fourth-order valence-corrected chi connectivity index (χ4v) is 3.48. The van der Waals surface area contributed by atoms with E-state index in [1.54, 1.807) is 30.3 Å². The van der Waals surface area contributed by atoms with Gasteiger partial charge in [0.2, 0.25) is 0 Å². The van der Waals surface area contributed by atoms with E-state index in [2.05, 4.69) is 0 Å². The van der Waals surface area contributed by atoms with Gasteiger partial charge in [-0.3, -0.25) is 4.79 Å². The Morgan fingerprint density at radius 3 is 2.65 bits per heavy atom. The highest BCUT2D eigenvalue weighted by atomic mass is 16.6. The maximum absolute atomic E-state index is 12.9. The Morgan fingerprint density at radius 2 is 1.94 bits per heavy atom. The summed E-state index contributed by atoms with van der Waals surface area (Å²) in [5.74, 6) is 0.0413. The SMILES string of the molecule is CC(OC(=O)COc1cccc2c1OC(C)(C)C2)C(=O)N(CCC#N)c1ccccc1. The van der Waals surface area contributed by atoms with E-state index in [1.807, 2.05) is 38.1 Å². The van der Waals surface area contributed by atoms with Gasteiger partial charge in [-0.2, -0.15) is 5.26 Å². The number of hydrogen-bond donors (Lipinski definition) is 0. The molecule has 0 spiro atoms. The first-order valence-electron chi connectivity index (χ1n) is 10.2. The summed E-state index contributed by atoms with van der Waals surface area (Å²) in [4.78, 5) is 26.6. The van der Waals surface area contributed by atoms with Gasteiger partial charge in [-0.05, 0) is 39.0 Å². The molecule has 1 atom stereocenters. The zero-order chi connectivity index (χ0) is 22.4. The van der Waals surface area contributed by atoms with E-state index < -0.39 is 18.0 Å². The fraction of sp³-hybridized carbons (Fsp3) is 0.375. The van der Waals surface area contributed by atoms with Crippen molar-refractivity contribution in [2.75, 3.05) is 18.1 Å². The Labute approximate surface area is 182 Å². The van der Waals surface area contributed by atoms with Crippen LogP contribution in [0.15, 0.2) is 48.5 Å². The predicted molar refractivity (Wildman–Crippen MR) is 115 cm³/mol. The van der Waals surface area contributed by atoms with Crippen LogP contribution in [0.5, 0.6) is 11.5 Å². The summed E-state index contributed by atoms with van der Waals surface area (Å²) >= 11 is 0. The molecular formula is C24H26N2O5. The summed E-state index contributed by atoms with van der Waals surface area (Å²) < 4.78 is 16.9. The maximum atomic E-state index is 12.9. The highest BCUT2D eigenvalue weighted by Crippen LogP contribution is 2.41. The standard InChI is InChI=1S/C24H26N2O5/c1-17(23(28)26(14-8-13-25)19-10-5-4-6-11-19)30-21(27)16-29-20-12-7-9-18-15-24(2,3)31-22(18)20/h4-7,9-12,17H,8,14-16H2,1-3H3. The van der Waals surface area contributed by atoms with Gasteiger partial charge in [0.25, 0.3) is 5.91 Å². The molecule has 7 nitrogen and oxygen atoms in total. The maximum Gasteiger partial charge on any atom is 0.344 e. The van der Waals surface area contributed by atoms with Crippen molar-refractivity contribution in [3.05, 3.63) is 54.1 Å². The molecule has 3 rings (SSSR count). The van der Waals surface area contributed by atoms with E-state index in [1.165, 1.54) is 11.8 Å². The zero-order valence-corrected chi connectivity index (χ0v) is 18.0. The molecule has 0 fully saturated rings. The van der Waals surface area contributed by atoms with E-state index in [0.717, 1.165) is 12.0 Å². The third-order valence-corrected chi connectivity index (χ3v) is 4.84. The minimum absolute atomic E-state index is 0.167. The third-order valence-electron chi connectivity index (χ3n) is 4.84. The summed E-state index contributed by atoms with van der Waals surface area (Å²) in [6.07, 6.45) is -0.0976. The first kappa shape index (κ1) is 22.2. The van der Waals surface area contributed by atoms with E-state index in [4.69, 9.17) is 19.5 Å². The normalized spacial score (nSPS) is 14.5. The number of ether oxygens (including phenoxy) is 3. The van der Waals surface area contributed by atoms with E-state index in [9.17, 15) is 9.59 Å². The van der Waals surface area contributed by atoms with Gasteiger partial charge >= 0.3 is 5.97 Å². The van der Waals surface area contributed by atoms with Gasteiger partial charge in [0.05, 0.1) is 12.5 Å². The molecular weight excluding hydrogens is 396 g/mol. The Bertz CT molecular complexity index is 981. The lowest BCUT2D eigenvalue weighted by Crippen LogP contribution is -2.41. The summed E-state index contributed by atoms with van der Waals surface area (Å²) in [6, 6.07) is 16.6. The molecule has 2 aromatic rings. The molecule has 0 saturated heterocycles. The summed E-state index contributed by atoms with van der Waals surface area (Å²) in [7, 11) is 0. The molecule has 2 aromatic carbocycles. The zero-order valence-electron chi connectivity index (χ0n) is 18.0. The van der Waals surface area contributed by atoms with Gasteiger partial charge in [0, 0.05) is 24.2 Å². The van der Waals surface area contributed by atoms with Crippen LogP contribution in [0.2, 0.25) is 0 Å². The van der Waals surface area contributed by atoms with Crippen molar-refractivity contribution in [3.8, 4) is 17.6 Å². The number of para-hydroxylation sites is 2. The summed E-state index contributed by atoms with van der Waals surface area (Å²) in [5.41, 5.74) is 1.34. The lowest BCUT2D eigenvalue weighted by molar-refractivity contribution is -0.155.